The van der Waals surface area contributed by atoms with Gasteiger partial charge in [0.25, 0.3) is 17.5 Å². The second kappa shape index (κ2) is 10.4. The number of methoxy groups -OCH3 is 2. The van der Waals surface area contributed by atoms with Crippen LogP contribution in [0, 0.1) is 10.1 Å². The van der Waals surface area contributed by atoms with Crippen LogP contribution in [-0.2, 0) is 4.79 Å². The number of rotatable bonds is 8. The fraction of sp³-hybridized carbons (Fsp3) is 0.0769. The minimum atomic E-state index is -0.649. The molecule has 3 N–H and O–H groups in total. The standard InChI is InChI=1S/C26H22N4O6/c1-35-19-9-11-21-20(14-19)17(15-27-21)12-23(29-25(31)16-6-4-3-5-7-16)26(32)28-22-10-8-18(30(33)34)13-24(22)36-2/h3-15,27H,1-2H3,(H,28,32)(H,29,31)/b23-12-. The molecule has 0 saturated carbocycles. The summed E-state index contributed by atoms with van der Waals surface area (Å²) in [4.78, 5) is 39.9. The minimum Gasteiger partial charge on any atom is -0.497 e. The highest BCUT2D eigenvalue weighted by Crippen LogP contribution is 2.30. The predicted octanol–water partition coefficient (Wildman–Crippen LogP) is 4.50. The molecule has 1 aromatic heterocycles. The van der Waals surface area contributed by atoms with E-state index in [1.807, 2.05) is 12.1 Å². The number of nitrogens with zero attached hydrogens (tertiary/aromatic N) is 1. The summed E-state index contributed by atoms with van der Waals surface area (Å²) >= 11 is 0. The number of ether oxygens (including phenoxy) is 2. The van der Waals surface area contributed by atoms with E-state index in [4.69, 9.17) is 9.47 Å². The van der Waals surface area contributed by atoms with Crippen LogP contribution in [0.3, 0.4) is 0 Å². The first kappa shape index (κ1) is 24.0. The lowest BCUT2D eigenvalue weighted by atomic mass is 10.1. The van der Waals surface area contributed by atoms with Gasteiger partial charge < -0.3 is 25.1 Å². The average molecular weight is 486 g/mol. The van der Waals surface area contributed by atoms with Crippen molar-refractivity contribution >= 4 is 40.2 Å². The molecule has 0 saturated heterocycles. The number of hydrogen-bond donors (Lipinski definition) is 3. The van der Waals surface area contributed by atoms with Gasteiger partial charge in [-0.1, -0.05) is 18.2 Å². The number of fused-ring (bicyclic) bond motifs is 1. The van der Waals surface area contributed by atoms with E-state index in [2.05, 4.69) is 15.6 Å². The van der Waals surface area contributed by atoms with E-state index in [1.165, 1.54) is 31.4 Å². The summed E-state index contributed by atoms with van der Waals surface area (Å²) in [6, 6.07) is 17.7. The lowest BCUT2D eigenvalue weighted by molar-refractivity contribution is -0.384. The van der Waals surface area contributed by atoms with Crippen LogP contribution in [0.2, 0.25) is 0 Å². The Hall–Kier alpha value is -5.12. The lowest BCUT2D eigenvalue weighted by Gasteiger charge is -2.13. The number of carbonyl (C=O) groups is 2. The Morgan fingerprint density at radius 1 is 1.00 bits per heavy atom. The van der Waals surface area contributed by atoms with E-state index < -0.39 is 16.7 Å². The third-order valence-corrected chi connectivity index (χ3v) is 5.39. The molecular formula is C26H22N4O6. The van der Waals surface area contributed by atoms with Gasteiger partial charge in [-0.15, -0.1) is 0 Å². The van der Waals surface area contributed by atoms with Crippen molar-refractivity contribution in [2.45, 2.75) is 0 Å². The van der Waals surface area contributed by atoms with Crippen molar-refractivity contribution in [2.75, 3.05) is 19.5 Å². The van der Waals surface area contributed by atoms with Gasteiger partial charge in [-0.3, -0.25) is 19.7 Å². The van der Waals surface area contributed by atoms with Gasteiger partial charge in [-0.2, -0.15) is 0 Å². The zero-order valence-corrected chi connectivity index (χ0v) is 19.4. The summed E-state index contributed by atoms with van der Waals surface area (Å²) in [5.74, 6) is -0.399. The average Bonchev–Trinajstić information content (AvgIpc) is 3.30. The maximum atomic E-state index is 13.3. The Labute approximate surface area is 205 Å². The molecule has 0 fully saturated rings. The van der Waals surface area contributed by atoms with E-state index >= 15 is 0 Å². The number of aromatic amines is 1. The van der Waals surface area contributed by atoms with Crippen molar-refractivity contribution in [1.82, 2.24) is 10.3 Å². The van der Waals surface area contributed by atoms with Gasteiger partial charge in [0.2, 0.25) is 0 Å². The highest BCUT2D eigenvalue weighted by Gasteiger charge is 2.19. The van der Waals surface area contributed by atoms with Crippen molar-refractivity contribution in [1.29, 1.82) is 0 Å². The van der Waals surface area contributed by atoms with Crippen LogP contribution in [0.1, 0.15) is 15.9 Å². The number of benzene rings is 3. The van der Waals surface area contributed by atoms with Crippen LogP contribution in [0.5, 0.6) is 11.5 Å². The maximum Gasteiger partial charge on any atom is 0.273 e. The molecule has 0 aliphatic carbocycles. The second-order valence-electron chi connectivity index (χ2n) is 7.63. The van der Waals surface area contributed by atoms with E-state index in [9.17, 15) is 19.7 Å². The second-order valence-corrected chi connectivity index (χ2v) is 7.63. The molecule has 0 bridgehead atoms. The summed E-state index contributed by atoms with van der Waals surface area (Å²) in [5, 5.41) is 17.2. The third-order valence-electron chi connectivity index (χ3n) is 5.39. The first-order chi connectivity index (χ1) is 17.4. The van der Waals surface area contributed by atoms with Crippen molar-refractivity contribution in [2.24, 2.45) is 0 Å². The molecule has 0 radical (unpaired) electrons. The highest BCUT2D eigenvalue weighted by molar-refractivity contribution is 6.12. The van der Waals surface area contributed by atoms with Crippen LogP contribution in [0.4, 0.5) is 11.4 Å². The number of hydrogen-bond acceptors (Lipinski definition) is 6. The molecule has 0 spiro atoms. The zero-order chi connectivity index (χ0) is 25.7. The molecular weight excluding hydrogens is 464 g/mol. The van der Waals surface area contributed by atoms with Crippen LogP contribution < -0.4 is 20.1 Å². The van der Waals surface area contributed by atoms with Gasteiger partial charge in [-0.25, -0.2) is 0 Å². The molecule has 0 unspecified atom stereocenters. The van der Waals surface area contributed by atoms with Gasteiger partial charge in [0.15, 0.2) is 0 Å². The SMILES string of the molecule is COc1ccc2[nH]cc(/C=C(\NC(=O)c3ccccc3)C(=O)Nc3ccc([N+](=O)[O-])cc3OC)c2c1. The molecule has 1 heterocycles. The summed E-state index contributed by atoms with van der Waals surface area (Å²) in [6.45, 7) is 0. The maximum absolute atomic E-state index is 13.3. The lowest BCUT2D eigenvalue weighted by Crippen LogP contribution is -2.30. The number of nitro groups is 1. The Balaban J connectivity index is 1.72. The normalized spacial score (nSPS) is 11.1. The van der Waals surface area contributed by atoms with Crippen molar-refractivity contribution < 1.29 is 24.0 Å². The van der Waals surface area contributed by atoms with E-state index in [1.54, 1.807) is 49.7 Å². The molecule has 36 heavy (non-hydrogen) atoms. The van der Waals surface area contributed by atoms with Gasteiger partial charge >= 0.3 is 0 Å². The quantitative estimate of drug-likeness (QED) is 0.191. The molecule has 4 aromatic rings. The molecule has 10 nitrogen and oxygen atoms in total. The van der Waals surface area contributed by atoms with Crippen molar-refractivity contribution in [3.63, 3.8) is 0 Å². The molecule has 2 amide bonds. The van der Waals surface area contributed by atoms with Crippen molar-refractivity contribution in [3.8, 4) is 11.5 Å². The topological polar surface area (TPSA) is 136 Å². The zero-order valence-electron chi connectivity index (χ0n) is 19.4. The summed E-state index contributed by atoms with van der Waals surface area (Å²) in [6.07, 6.45) is 3.24. The predicted molar refractivity (Wildman–Crippen MR) is 135 cm³/mol. The highest BCUT2D eigenvalue weighted by atomic mass is 16.6. The van der Waals surface area contributed by atoms with Crippen LogP contribution in [-0.4, -0.2) is 35.9 Å². The molecule has 182 valence electrons. The first-order valence-electron chi connectivity index (χ1n) is 10.8. The number of non-ortho nitro benzene ring substituents is 1. The summed E-state index contributed by atoms with van der Waals surface area (Å²) in [7, 11) is 2.89. The Kier molecular flexibility index (Phi) is 6.96. The Bertz CT molecular complexity index is 1480. The van der Waals surface area contributed by atoms with Crippen LogP contribution in [0.15, 0.2) is 78.6 Å². The van der Waals surface area contributed by atoms with Crippen LogP contribution >= 0.6 is 0 Å². The minimum absolute atomic E-state index is 0.0482. The molecule has 10 heteroatoms. The number of nitrogens with one attached hydrogen (secondary N) is 3. The molecule has 0 aliphatic heterocycles. The monoisotopic (exact) mass is 486 g/mol. The fourth-order valence-electron chi connectivity index (χ4n) is 3.55. The Morgan fingerprint density at radius 3 is 2.47 bits per heavy atom. The number of amides is 2. The summed E-state index contributed by atoms with van der Waals surface area (Å²) < 4.78 is 10.5. The first-order valence-corrected chi connectivity index (χ1v) is 10.8. The van der Waals surface area contributed by atoms with E-state index in [-0.39, 0.29) is 22.8 Å². The van der Waals surface area contributed by atoms with Crippen molar-refractivity contribution in [3.05, 3.63) is 99.9 Å². The van der Waals surface area contributed by atoms with Gasteiger partial charge in [-0.05, 0) is 42.5 Å². The molecule has 0 atom stereocenters. The van der Waals surface area contributed by atoms with E-state index in [0.29, 0.717) is 16.9 Å². The largest absolute Gasteiger partial charge is 0.497 e. The number of nitro benzene ring substituents is 1. The third kappa shape index (κ3) is 5.17. The van der Waals surface area contributed by atoms with E-state index in [0.717, 1.165) is 10.9 Å². The number of anilines is 1. The van der Waals surface area contributed by atoms with Gasteiger partial charge in [0.05, 0.1) is 30.9 Å². The van der Waals surface area contributed by atoms with Gasteiger partial charge in [0, 0.05) is 34.3 Å². The Morgan fingerprint density at radius 2 is 1.78 bits per heavy atom. The molecule has 3 aromatic carbocycles. The number of carbonyl (C=O) groups excluding carboxylic acids is 2. The van der Waals surface area contributed by atoms with Crippen LogP contribution in [0.25, 0.3) is 17.0 Å². The smallest absolute Gasteiger partial charge is 0.273 e. The summed E-state index contributed by atoms with van der Waals surface area (Å²) in [5.41, 5.74) is 1.78. The number of aromatic nitrogens is 1. The molecule has 4 rings (SSSR count). The van der Waals surface area contributed by atoms with Gasteiger partial charge in [0.1, 0.15) is 17.2 Å². The fourth-order valence-corrected chi connectivity index (χ4v) is 3.55. The number of H-pyrrole nitrogens is 1. The molecule has 0 aliphatic rings.